The number of primary sulfonamides is 1. The molecule has 0 aromatic heterocycles. The van der Waals surface area contributed by atoms with Gasteiger partial charge in [0.1, 0.15) is 0 Å². The van der Waals surface area contributed by atoms with Crippen LogP contribution >= 0.6 is 0 Å². The normalized spacial score (nSPS) is 22.3. The maximum Gasteiger partial charge on any atom is 0.211 e. The Morgan fingerprint density at radius 3 is 2.46 bits per heavy atom. The largest absolute Gasteiger partial charge is 0.228 e. The Labute approximate surface area is 80.1 Å². The Kier molecular flexibility index (Phi) is 3.14. The van der Waals surface area contributed by atoms with Crippen LogP contribution in [0, 0.1) is 11.8 Å². The molecule has 76 valence electrons. The molecule has 1 fully saturated rings. The molecule has 0 radical (unpaired) electrons. The summed E-state index contributed by atoms with van der Waals surface area (Å²) in [6.07, 6.45) is 4.81. The highest BCUT2D eigenvalue weighted by Gasteiger charge is 2.37. The summed E-state index contributed by atoms with van der Waals surface area (Å²) in [5.74, 6) is 0.721. The monoisotopic (exact) mass is 203 g/mol. The quantitative estimate of drug-likeness (QED) is 0.684. The van der Waals surface area contributed by atoms with Crippen molar-refractivity contribution in [2.45, 2.75) is 31.4 Å². The summed E-state index contributed by atoms with van der Waals surface area (Å²) in [5.41, 5.74) is 0. The van der Waals surface area contributed by atoms with E-state index in [-0.39, 0.29) is 5.92 Å². The van der Waals surface area contributed by atoms with E-state index in [4.69, 9.17) is 5.14 Å². The summed E-state index contributed by atoms with van der Waals surface area (Å²) in [6, 6.07) is 0. The molecule has 0 heterocycles. The molecule has 0 bridgehead atoms. The second-order valence-corrected chi connectivity index (χ2v) is 5.74. The molecule has 0 spiro atoms. The van der Waals surface area contributed by atoms with Gasteiger partial charge in [-0.15, -0.1) is 6.58 Å². The van der Waals surface area contributed by atoms with Crippen LogP contribution in [-0.4, -0.2) is 13.7 Å². The fraction of sp³-hybridized carbons (Fsp3) is 0.778. The lowest BCUT2D eigenvalue weighted by molar-refractivity contribution is 0.443. The van der Waals surface area contributed by atoms with Crippen LogP contribution < -0.4 is 5.14 Å². The van der Waals surface area contributed by atoms with Crippen LogP contribution in [0.25, 0.3) is 0 Å². The second kappa shape index (κ2) is 3.80. The standard InChI is InChI=1S/C9H17NO2S/c1-3-4-9(8-5-6-8)7(2)13(10,11)12/h3,7-9H,1,4-6H2,2H3,(H2,10,11,12)/t7-,9-/m0/s1. The maximum absolute atomic E-state index is 11.1. The molecule has 1 saturated carbocycles. The van der Waals surface area contributed by atoms with Crippen LogP contribution in [-0.2, 0) is 10.0 Å². The smallest absolute Gasteiger partial charge is 0.211 e. The zero-order chi connectivity index (χ0) is 10.1. The average Bonchev–Trinajstić information content (AvgIpc) is 2.79. The fourth-order valence-corrected chi connectivity index (χ4v) is 2.55. The zero-order valence-corrected chi connectivity index (χ0v) is 8.76. The molecule has 13 heavy (non-hydrogen) atoms. The zero-order valence-electron chi connectivity index (χ0n) is 7.94. The second-order valence-electron chi connectivity index (χ2n) is 3.82. The number of allylic oxidation sites excluding steroid dienone is 1. The highest BCUT2D eigenvalue weighted by atomic mass is 32.2. The van der Waals surface area contributed by atoms with Crippen molar-refractivity contribution in [1.29, 1.82) is 0 Å². The predicted molar refractivity (Wildman–Crippen MR) is 53.6 cm³/mol. The lowest BCUT2D eigenvalue weighted by Crippen LogP contribution is -2.33. The van der Waals surface area contributed by atoms with Crippen LogP contribution in [0.3, 0.4) is 0 Å². The molecular weight excluding hydrogens is 186 g/mol. The molecule has 2 atom stereocenters. The molecule has 0 aliphatic heterocycles. The molecule has 1 aliphatic rings. The van der Waals surface area contributed by atoms with Crippen LogP contribution in [0.4, 0.5) is 0 Å². The number of sulfonamides is 1. The van der Waals surface area contributed by atoms with E-state index < -0.39 is 15.3 Å². The van der Waals surface area contributed by atoms with Crippen molar-refractivity contribution in [3.8, 4) is 0 Å². The van der Waals surface area contributed by atoms with E-state index in [0.717, 1.165) is 19.3 Å². The molecule has 1 aliphatic carbocycles. The summed E-state index contributed by atoms with van der Waals surface area (Å²) in [6.45, 7) is 5.34. The van der Waals surface area contributed by atoms with Gasteiger partial charge >= 0.3 is 0 Å². The van der Waals surface area contributed by atoms with Gasteiger partial charge < -0.3 is 0 Å². The van der Waals surface area contributed by atoms with Crippen molar-refractivity contribution in [1.82, 2.24) is 0 Å². The summed E-state index contributed by atoms with van der Waals surface area (Å²) >= 11 is 0. The number of hydrogen-bond acceptors (Lipinski definition) is 2. The van der Waals surface area contributed by atoms with Crippen molar-refractivity contribution < 1.29 is 8.42 Å². The molecule has 2 N–H and O–H groups in total. The van der Waals surface area contributed by atoms with Crippen LogP contribution in [0.5, 0.6) is 0 Å². The first-order valence-corrected chi connectivity index (χ1v) is 6.20. The van der Waals surface area contributed by atoms with Crippen molar-refractivity contribution in [2.75, 3.05) is 0 Å². The first-order valence-electron chi connectivity index (χ1n) is 4.59. The first-order chi connectivity index (χ1) is 5.96. The van der Waals surface area contributed by atoms with Gasteiger partial charge in [-0.2, -0.15) is 0 Å². The summed E-state index contributed by atoms with van der Waals surface area (Å²) in [5, 5.41) is 4.68. The van der Waals surface area contributed by atoms with E-state index >= 15 is 0 Å². The Balaban J connectivity index is 2.68. The van der Waals surface area contributed by atoms with Crippen LogP contribution in [0.15, 0.2) is 12.7 Å². The summed E-state index contributed by atoms with van der Waals surface area (Å²) in [7, 11) is -3.38. The molecule has 0 unspecified atom stereocenters. The Morgan fingerprint density at radius 1 is 1.62 bits per heavy atom. The van der Waals surface area contributed by atoms with E-state index in [9.17, 15) is 8.42 Å². The summed E-state index contributed by atoms with van der Waals surface area (Å²) < 4.78 is 22.2. The van der Waals surface area contributed by atoms with Crippen molar-refractivity contribution in [3.05, 3.63) is 12.7 Å². The Morgan fingerprint density at radius 2 is 2.15 bits per heavy atom. The van der Waals surface area contributed by atoms with Crippen molar-refractivity contribution >= 4 is 10.0 Å². The van der Waals surface area contributed by atoms with Gasteiger partial charge in [0.2, 0.25) is 10.0 Å². The molecule has 0 amide bonds. The number of nitrogens with two attached hydrogens (primary N) is 1. The number of rotatable bonds is 5. The van der Waals surface area contributed by atoms with E-state index in [1.807, 2.05) is 0 Å². The molecule has 0 saturated heterocycles. The molecule has 0 aromatic carbocycles. The van der Waals surface area contributed by atoms with E-state index in [2.05, 4.69) is 6.58 Å². The fourth-order valence-electron chi connectivity index (χ4n) is 1.73. The molecule has 4 heteroatoms. The average molecular weight is 203 g/mol. The summed E-state index contributed by atoms with van der Waals surface area (Å²) in [4.78, 5) is 0. The molecular formula is C9H17NO2S. The number of hydrogen-bond donors (Lipinski definition) is 1. The maximum atomic E-state index is 11.1. The molecule has 3 nitrogen and oxygen atoms in total. The van der Waals surface area contributed by atoms with Crippen molar-refractivity contribution in [3.63, 3.8) is 0 Å². The predicted octanol–water partition coefficient (Wildman–Crippen LogP) is 1.27. The van der Waals surface area contributed by atoms with Gasteiger partial charge in [-0.25, -0.2) is 13.6 Å². The lowest BCUT2D eigenvalue weighted by Gasteiger charge is -2.20. The van der Waals surface area contributed by atoms with Gasteiger partial charge in [0, 0.05) is 0 Å². The first kappa shape index (κ1) is 10.7. The highest BCUT2D eigenvalue weighted by molar-refractivity contribution is 7.89. The third-order valence-electron chi connectivity index (χ3n) is 2.79. The van der Waals surface area contributed by atoms with E-state index in [0.29, 0.717) is 5.92 Å². The highest BCUT2D eigenvalue weighted by Crippen LogP contribution is 2.41. The Bertz CT molecular complexity index is 280. The topological polar surface area (TPSA) is 60.2 Å². The van der Waals surface area contributed by atoms with E-state index in [1.165, 1.54) is 0 Å². The minimum absolute atomic E-state index is 0.174. The minimum atomic E-state index is -3.38. The van der Waals surface area contributed by atoms with Gasteiger partial charge in [-0.1, -0.05) is 6.08 Å². The SMILES string of the molecule is C=CC[C@H](C1CC1)[C@H](C)S(N)(=O)=O. The van der Waals surface area contributed by atoms with Gasteiger partial charge in [0.15, 0.2) is 0 Å². The molecule has 0 aromatic rings. The van der Waals surface area contributed by atoms with E-state index in [1.54, 1.807) is 13.0 Å². The third kappa shape index (κ3) is 2.81. The van der Waals surface area contributed by atoms with Gasteiger partial charge in [-0.3, -0.25) is 0 Å². The van der Waals surface area contributed by atoms with Gasteiger partial charge in [0.05, 0.1) is 5.25 Å². The Hall–Kier alpha value is -0.350. The minimum Gasteiger partial charge on any atom is -0.228 e. The van der Waals surface area contributed by atoms with Crippen LogP contribution in [0.1, 0.15) is 26.2 Å². The van der Waals surface area contributed by atoms with Gasteiger partial charge in [0.25, 0.3) is 0 Å². The van der Waals surface area contributed by atoms with Crippen LogP contribution in [0.2, 0.25) is 0 Å². The van der Waals surface area contributed by atoms with Gasteiger partial charge in [-0.05, 0) is 38.0 Å². The lowest BCUT2D eigenvalue weighted by atomic mass is 9.96. The van der Waals surface area contributed by atoms with Crippen molar-refractivity contribution in [2.24, 2.45) is 17.0 Å². The molecule has 1 rings (SSSR count). The third-order valence-corrected chi connectivity index (χ3v) is 4.17.